The van der Waals surface area contributed by atoms with Crippen molar-refractivity contribution in [2.24, 2.45) is 0 Å². The van der Waals surface area contributed by atoms with Gasteiger partial charge in [-0.2, -0.15) is 23.5 Å². The quantitative estimate of drug-likeness (QED) is 0.834. The van der Waals surface area contributed by atoms with Crippen LogP contribution in [0.2, 0.25) is 0 Å². The summed E-state index contributed by atoms with van der Waals surface area (Å²) in [5.41, 5.74) is 0.238. The van der Waals surface area contributed by atoms with Gasteiger partial charge in [0.05, 0.1) is 5.60 Å². The number of nitrogens with one attached hydrogen (secondary N) is 1. The number of hydrogen-bond acceptors (Lipinski definition) is 4. The second kappa shape index (κ2) is 5.72. The molecule has 17 heavy (non-hydrogen) atoms. The first-order valence-electron chi connectivity index (χ1n) is 6.92. The zero-order valence-corrected chi connectivity index (χ0v) is 12.1. The van der Waals surface area contributed by atoms with Crippen LogP contribution in [0.5, 0.6) is 0 Å². The van der Waals surface area contributed by atoms with Crippen LogP contribution in [0.15, 0.2) is 0 Å². The summed E-state index contributed by atoms with van der Waals surface area (Å²) in [6, 6.07) is 1.48. The van der Waals surface area contributed by atoms with E-state index in [0.29, 0.717) is 6.04 Å². The molecule has 4 heteroatoms. The molecule has 0 amide bonds. The topological polar surface area (TPSA) is 21.3 Å². The molecule has 3 unspecified atom stereocenters. The van der Waals surface area contributed by atoms with Crippen molar-refractivity contribution in [1.29, 1.82) is 0 Å². The lowest BCUT2D eigenvalue weighted by Crippen LogP contribution is -2.50. The lowest BCUT2D eigenvalue weighted by atomic mass is 9.89. The monoisotopic (exact) mass is 273 g/mol. The third kappa shape index (κ3) is 3.14. The van der Waals surface area contributed by atoms with Gasteiger partial charge in [0.1, 0.15) is 0 Å². The van der Waals surface area contributed by atoms with Gasteiger partial charge in [-0.3, -0.25) is 0 Å². The van der Waals surface area contributed by atoms with E-state index < -0.39 is 0 Å². The molecule has 3 saturated heterocycles. The Morgan fingerprint density at radius 1 is 1.12 bits per heavy atom. The normalized spacial score (nSPS) is 43.1. The predicted octanol–water partition coefficient (Wildman–Crippen LogP) is 2.53. The van der Waals surface area contributed by atoms with Crippen LogP contribution >= 0.6 is 23.5 Å². The largest absolute Gasteiger partial charge is 0.374 e. The van der Waals surface area contributed by atoms with Crippen molar-refractivity contribution in [1.82, 2.24) is 5.32 Å². The van der Waals surface area contributed by atoms with Crippen LogP contribution in [0.25, 0.3) is 0 Å². The Kier molecular flexibility index (Phi) is 4.26. The molecular formula is C13H23NOS2. The fourth-order valence-electron chi connectivity index (χ4n) is 3.24. The highest BCUT2D eigenvalue weighted by molar-refractivity contribution is 7.99. The first kappa shape index (κ1) is 12.6. The molecule has 0 saturated carbocycles. The Bertz CT molecular complexity index is 250. The van der Waals surface area contributed by atoms with Crippen molar-refractivity contribution in [2.45, 2.75) is 49.8 Å². The fourth-order valence-corrected chi connectivity index (χ4v) is 5.70. The van der Waals surface area contributed by atoms with Crippen molar-refractivity contribution in [3.05, 3.63) is 0 Å². The molecule has 0 bridgehead atoms. The number of thioether (sulfide) groups is 2. The Morgan fingerprint density at radius 2 is 2.12 bits per heavy atom. The molecule has 3 heterocycles. The second-order valence-corrected chi connectivity index (χ2v) is 7.86. The molecule has 3 aliphatic rings. The zero-order chi connectivity index (χ0) is 11.6. The summed E-state index contributed by atoms with van der Waals surface area (Å²) in [5, 5.41) is 3.90. The molecule has 0 radical (unpaired) electrons. The van der Waals surface area contributed by atoms with Gasteiger partial charge in [0, 0.05) is 30.2 Å². The first-order chi connectivity index (χ1) is 8.36. The zero-order valence-electron chi connectivity index (χ0n) is 10.5. The minimum absolute atomic E-state index is 0.238. The molecule has 3 atom stereocenters. The van der Waals surface area contributed by atoms with Crippen molar-refractivity contribution < 1.29 is 4.74 Å². The lowest BCUT2D eigenvalue weighted by molar-refractivity contribution is -0.0711. The van der Waals surface area contributed by atoms with Gasteiger partial charge < -0.3 is 10.1 Å². The highest BCUT2D eigenvalue weighted by atomic mass is 32.2. The van der Waals surface area contributed by atoms with Crippen molar-refractivity contribution in [2.75, 3.05) is 29.6 Å². The molecule has 1 N–H and O–H groups in total. The molecule has 1 spiro atoms. The average Bonchev–Trinajstić information content (AvgIpc) is 2.79. The van der Waals surface area contributed by atoms with Gasteiger partial charge in [0.15, 0.2) is 0 Å². The van der Waals surface area contributed by atoms with Gasteiger partial charge in [-0.25, -0.2) is 0 Å². The molecular weight excluding hydrogens is 250 g/mol. The maximum absolute atomic E-state index is 6.08. The fraction of sp³-hybridized carbons (Fsp3) is 1.00. The van der Waals surface area contributed by atoms with Crippen LogP contribution in [0.4, 0.5) is 0 Å². The second-order valence-electron chi connectivity index (χ2n) is 5.60. The summed E-state index contributed by atoms with van der Waals surface area (Å²) >= 11 is 4.19. The first-order valence-corrected chi connectivity index (χ1v) is 9.23. The maximum Gasteiger partial charge on any atom is 0.0795 e. The Labute approximate surface area is 113 Å². The molecule has 3 fully saturated rings. The highest BCUT2D eigenvalue weighted by Gasteiger charge is 2.40. The third-order valence-corrected chi connectivity index (χ3v) is 6.63. The Hall–Kier alpha value is 0.620. The summed E-state index contributed by atoms with van der Waals surface area (Å²) < 4.78 is 6.08. The standard InChI is InChI=1S/C13H23NOS2/c1-2-12(9-16-6-1)14-11-3-5-15-13(8-11)4-7-17-10-13/h11-12,14H,1-10H2. The molecule has 3 aliphatic heterocycles. The predicted molar refractivity (Wildman–Crippen MR) is 77.1 cm³/mol. The number of hydrogen-bond donors (Lipinski definition) is 1. The average molecular weight is 273 g/mol. The van der Waals surface area contributed by atoms with Gasteiger partial charge >= 0.3 is 0 Å². The van der Waals surface area contributed by atoms with E-state index in [1.54, 1.807) is 0 Å². The molecule has 0 aromatic rings. The van der Waals surface area contributed by atoms with E-state index in [-0.39, 0.29) is 5.60 Å². The van der Waals surface area contributed by atoms with E-state index in [2.05, 4.69) is 28.8 Å². The van der Waals surface area contributed by atoms with Crippen LogP contribution in [0.1, 0.15) is 32.1 Å². The third-order valence-electron chi connectivity index (χ3n) is 4.19. The van der Waals surface area contributed by atoms with E-state index in [1.807, 2.05) is 0 Å². The van der Waals surface area contributed by atoms with Crippen LogP contribution in [-0.4, -0.2) is 47.3 Å². The Balaban J connectivity index is 1.52. The van der Waals surface area contributed by atoms with Gasteiger partial charge in [-0.05, 0) is 43.6 Å². The van der Waals surface area contributed by atoms with Crippen molar-refractivity contribution >= 4 is 23.5 Å². The van der Waals surface area contributed by atoms with Gasteiger partial charge in [0.25, 0.3) is 0 Å². The minimum Gasteiger partial charge on any atom is -0.374 e. The molecule has 0 aliphatic carbocycles. The van der Waals surface area contributed by atoms with Crippen LogP contribution in [0.3, 0.4) is 0 Å². The van der Waals surface area contributed by atoms with Crippen LogP contribution < -0.4 is 5.32 Å². The highest BCUT2D eigenvalue weighted by Crippen LogP contribution is 2.38. The lowest BCUT2D eigenvalue weighted by Gasteiger charge is -2.40. The molecule has 98 valence electrons. The Morgan fingerprint density at radius 3 is 2.88 bits per heavy atom. The number of ether oxygens (including phenoxy) is 1. The van der Waals surface area contributed by atoms with Crippen LogP contribution in [-0.2, 0) is 4.74 Å². The molecule has 2 nitrogen and oxygen atoms in total. The SMILES string of the molecule is C1CSCC(NC2CCOC3(CCSC3)C2)C1. The summed E-state index contributed by atoms with van der Waals surface area (Å²) in [6.45, 7) is 0.970. The molecule has 0 aromatic heterocycles. The van der Waals surface area contributed by atoms with Crippen LogP contribution in [0, 0.1) is 0 Å². The van der Waals surface area contributed by atoms with Crippen molar-refractivity contribution in [3.8, 4) is 0 Å². The van der Waals surface area contributed by atoms with Gasteiger partial charge in [-0.15, -0.1) is 0 Å². The van der Waals surface area contributed by atoms with E-state index in [9.17, 15) is 0 Å². The van der Waals surface area contributed by atoms with E-state index in [0.717, 1.165) is 12.6 Å². The van der Waals surface area contributed by atoms with Gasteiger partial charge in [0.2, 0.25) is 0 Å². The smallest absolute Gasteiger partial charge is 0.0795 e. The summed E-state index contributed by atoms with van der Waals surface area (Å²) in [7, 11) is 0. The van der Waals surface area contributed by atoms with E-state index in [1.165, 1.54) is 55.1 Å². The molecule has 3 rings (SSSR count). The number of rotatable bonds is 2. The van der Waals surface area contributed by atoms with Gasteiger partial charge in [-0.1, -0.05) is 0 Å². The summed E-state index contributed by atoms with van der Waals surface area (Å²) in [4.78, 5) is 0. The minimum atomic E-state index is 0.238. The van der Waals surface area contributed by atoms with E-state index in [4.69, 9.17) is 4.74 Å². The van der Waals surface area contributed by atoms with E-state index >= 15 is 0 Å². The van der Waals surface area contributed by atoms with Crippen molar-refractivity contribution in [3.63, 3.8) is 0 Å². The molecule has 0 aromatic carbocycles. The summed E-state index contributed by atoms with van der Waals surface area (Å²) in [6.07, 6.45) is 6.52. The maximum atomic E-state index is 6.08. The summed E-state index contributed by atoms with van der Waals surface area (Å²) in [5.74, 6) is 5.21.